The summed E-state index contributed by atoms with van der Waals surface area (Å²) in [6.45, 7) is 0. The van der Waals surface area contributed by atoms with E-state index in [4.69, 9.17) is 28.2 Å². The number of benzene rings is 1. The maximum Gasteiger partial charge on any atom is 0.116 e. The van der Waals surface area contributed by atoms with Crippen LogP contribution in [0.4, 0.5) is 0 Å². The van der Waals surface area contributed by atoms with Gasteiger partial charge in [0.05, 0.1) is 16.1 Å². The number of hydrogen-bond acceptors (Lipinski definition) is 5. The van der Waals surface area contributed by atoms with Gasteiger partial charge in [-0.05, 0) is 46.7 Å². The van der Waals surface area contributed by atoms with Crippen LogP contribution >= 0.6 is 57.6 Å². The molecule has 2 nitrogen and oxygen atoms in total. The summed E-state index contributed by atoms with van der Waals surface area (Å²) in [7, 11) is 0. The predicted octanol–water partition coefficient (Wildman–Crippen LogP) is 8.01. The average Bonchev–Trinajstić information content (AvgIpc) is 3.41. The van der Waals surface area contributed by atoms with Gasteiger partial charge in [-0.2, -0.15) is 5.26 Å². The molecule has 0 atom stereocenters. The van der Waals surface area contributed by atoms with Crippen LogP contribution in [0.25, 0.3) is 21.0 Å². The van der Waals surface area contributed by atoms with Crippen LogP contribution < -0.4 is 0 Å². The van der Waals surface area contributed by atoms with Gasteiger partial charge in [0.2, 0.25) is 0 Å². The zero-order valence-electron chi connectivity index (χ0n) is 14.4. The minimum Gasteiger partial charge on any atom is -0.239 e. The van der Waals surface area contributed by atoms with Crippen LogP contribution in [-0.4, -0.2) is 4.98 Å². The van der Waals surface area contributed by atoms with E-state index in [9.17, 15) is 5.26 Å². The molecule has 0 saturated carbocycles. The summed E-state index contributed by atoms with van der Waals surface area (Å²) >= 11 is 17.4. The van der Waals surface area contributed by atoms with E-state index in [1.807, 2.05) is 59.3 Å². The predicted molar refractivity (Wildman–Crippen MR) is 122 cm³/mol. The molecule has 0 aliphatic heterocycles. The zero-order chi connectivity index (χ0) is 19.5. The van der Waals surface area contributed by atoms with Crippen molar-refractivity contribution in [1.82, 2.24) is 4.98 Å². The Labute approximate surface area is 185 Å². The molecule has 1 aromatic carbocycles. The Morgan fingerprint density at radius 1 is 0.964 bits per heavy atom. The van der Waals surface area contributed by atoms with Crippen LogP contribution in [-0.2, 0) is 5.75 Å². The second kappa shape index (κ2) is 8.69. The van der Waals surface area contributed by atoms with Gasteiger partial charge in [-0.25, -0.2) is 4.98 Å². The smallest absolute Gasteiger partial charge is 0.116 e. The number of rotatable bonds is 5. The van der Waals surface area contributed by atoms with Gasteiger partial charge in [0.15, 0.2) is 0 Å². The lowest BCUT2D eigenvalue weighted by Crippen LogP contribution is -1.95. The Morgan fingerprint density at radius 2 is 1.64 bits per heavy atom. The molecular weight excluding hydrogens is 447 g/mol. The van der Waals surface area contributed by atoms with Crippen molar-refractivity contribution < 1.29 is 0 Å². The number of nitriles is 1. The molecule has 0 saturated heterocycles. The number of thiophene rings is 2. The second-order valence-corrected chi connectivity index (χ2v) is 9.46. The molecule has 0 radical (unpaired) electrons. The van der Waals surface area contributed by atoms with Crippen LogP contribution in [0.5, 0.6) is 0 Å². The molecule has 0 unspecified atom stereocenters. The van der Waals surface area contributed by atoms with Crippen molar-refractivity contribution in [2.24, 2.45) is 0 Å². The van der Waals surface area contributed by atoms with Gasteiger partial charge in [-0.1, -0.05) is 41.4 Å². The largest absolute Gasteiger partial charge is 0.239 e. The molecule has 0 aliphatic carbocycles. The van der Waals surface area contributed by atoms with E-state index >= 15 is 0 Å². The van der Waals surface area contributed by atoms with Gasteiger partial charge in [-0.3, -0.25) is 0 Å². The summed E-state index contributed by atoms with van der Waals surface area (Å²) < 4.78 is 0. The molecule has 4 aromatic rings. The van der Waals surface area contributed by atoms with Crippen molar-refractivity contribution in [3.63, 3.8) is 0 Å². The van der Waals surface area contributed by atoms with E-state index < -0.39 is 0 Å². The third-order valence-electron chi connectivity index (χ3n) is 4.07. The van der Waals surface area contributed by atoms with Crippen molar-refractivity contribution >= 4 is 57.6 Å². The molecule has 138 valence electrons. The van der Waals surface area contributed by atoms with E-state index in [-0.39, 0.29) is 0 Å². The van der Waals surface area contributed by atoms with Crippen LogP contribution in [0.1, 0.15) is 11.1 Å². The first-order valence-corrected chi connectivity index (χ1v) is 11.8. The average molecular weight is 459 g/mol. The summed E-state index contributed by atoms with van der Waals surface area (Å²) in [5.74, 6) is 0.540. The van der Waals surface area contributed by atoms with Gasteiger partial charge < -0.3 is 0 Å². The van der Waals surface area contributed by atoms with Crippen molar-refractivity contribution in [2.75, 3.05) is 0 Å². The zero-order valence-corrected chi connectivity index (χ0v) is 18.3. The van der Waals surface area contributed by atoms with Gasteiger partial charge in [0.25, 0.3) is 0 Å². The molecule has 0 fully saturated rings. The van der Waals surface area contributed by atoms with E-state index in [1.54, 1.807) is 22.7 Å². The third kappa shape index (κ3) is 3.98. The van der Waals surface area contributed by atoms with Crippen LogP contribution in [0.3, 0.4) is 0 Å². The number of halogens is 2. The molecule has 3 heterocycles. The minimum atomic E-state index is 0.540. The molecule has 0 amide bonds. The minimum absolute atomic E-state index is 0.540. The van der Waals surface area contributed by atoms with Crippen molar-refractivity contribution in [3.8, 4) is 27.1 Å². The first-order chi connectivity index (χ1) is 13.7. The fourth-order valence-electron chi connectivity index (χ4n) is 2.72. The number of pyridine rings is 1. The Kier molecular flexibility index (Phi) is 6.05. The Morgan fingerprint density at radius 3 is 2.25 bits per heavy atom. The Balaban J connectivity index is 1.80. The highest BCUT2D eigenvalue weighted by Crippen LogP contribution is 2.39. The molecule has 0 N–H and O–H groups in total. The van der Waals surface area contributed by atoms with Gasteiger partial charge in [-0.15, -0.1) is 34.4 Å². The molecule has 7 heteroatoms. The quantitative estimate of drug-likeness (QED) is 0.284. The van der Waals surface area contributed by atoms with Gasteiger partial charge >= 0.3 is 0 Å². The third-order valence-corrected chi connectivity index (χ3v) is 7.58. The number of nitrogens with zero attached hydrogens (tertiary/aromatic N) is 2. The van der Waals surface area contributed by atoms with Crippen LogP contribution in [0, 0.1) is 11.3 Å². The summed E-state index contributed by atoms with van der Waals surface area (Å²) in [6, 6.07) is 17.9. The number of hydrogen-bond donors (Lipinski definition) is 0. The number of aromatic nitrogens is 1. The fourth-order valence-corrected chi connectivity index (χ4v) is 5.90. The molecule has 0 spiro atoms. The lowest BCUT2D eigenvalue weighted by Gasteiger charge is -2.12. The summed E-state index contributed by atoms with van der Waals surface area (Å²) in [5.41, 5.74) is 3.20. The second-order valence-electron chi connectivity index (χ2n) is 5.79. The molecule has 0 aliphatic rings. The highest BCUT2D eigenvalue weighted by atomic mass is 35.5. The normalized spacial score (nSPS) is 10.8. The Bertz CT molecular complexity index is 1130. The van der Waals surface area contributed by atoms with E-state index in [0.717, 1.165) is 26.6 Å². The summed E-state index contributed by atoms with van der Waals surface area (Å²) in [6.07, 6.45) is 0. The van der Waals surface area contributed by atoms with Crippen molar-refractivity contribution in [2.45, 2.75) is 10.8 Å². The highest BCUT2D eigenvalue weighted by Gasteiger charge is 2.18. The van der Waals surface area contributed by atoms with E-state index in [0.29, 0.717) is 26.4 Å². The molecule has 0 bridgehead atoms. The SMILES string of the molecule is N#Cc1c(-c2cccs2)cc(-c2cccs2)nc1SCc1c(Cl)cccc1Cl. The van der Waals surface area contributed by atoms with Gasteiger partial charge in [0, 0.05) is 26.2 Å². The lowest BCUT2D eigenvalue weighted by molar-refractivity contribution is 1.12. The first-order valence-electron chi connectivity index (χ1n) is 8.26. The standard InChI is InChI=1S/C21H12Cl2N2S3/c22-16-4-1-5-17(23)15(16)12-28-21-14(11-24)13(19-6-2-8-26-19)10-18(25-21)20-7-3-9-27-20/h1-10H,12H2. The molecule has 28 heavy (non-hydrogen) atoms. The molecule has 4 rings (SSSR count). The fraction of sp³-hybridized carbons (Fsp3) is 0.0476. The molecular formula is C21H12Cl2N2S3. The summed E-state index contributed by atoms with van der Waals surface area (Å²) in [4.78, 5) is 6.92. The van der Waals surface area contributed by atoms with E-state index in [1.165, 1.54) is 11.8 Å². The lowest BCUT2D eigenvalue weighted by atomic mass is 10.1. The van der Waals surface area contributed by atoms with Crippen LogP contribution in [0.2, 0.25) is 10.0 Å². The molecule has 3 aromatic heterocycles. The monoisotopic (exact) mass is 458 g/mol. The van der Waals surface area contributed by atoms with Gasteiger partial charge in [0.1, 0.15) is 11.1 Å². The topological polar surface area (TPSA) is 36.7 Å². The van der Waals surface area contributed by atoms with Crippen molar-refractivity contribution in [3.05, 3.63) is 80.5 Å². The van der Waals surface area contributed by atoms with Crippen molar-refractivity contribution in [1.29, 1.82) is 5.26 Å². The maximum atomic E-state index is 9.88. The Hall–Kier alpha value is -1.81. The highest BCUT2D eigenvalue weighted by molar-refractivity contribution is 7.98. The van der Waals surface area contributed by atoms with Crippen LogP contribution in [0.15, 0.2) is 64.3 Å². The van der Waals surface area contributed by atoms with E-state index in [2.05, 4.69) is 6.07 Å². The first kappa shape index (κ1) is 19.5. The maximum absolute atomic E-state index is 9.88. The number of thioether (sulfide) groups is 1. The summed E-state index contributed by atoms with van der Waals surface area (Å²) in [5, 5.41) is 15.8.